The minimum atomic E-state index is -0.459. The van der Waals surface area contributed by atoms with Gasteiger partial charge in [0.05, 0.1) is 10.9 Å². The summed E-state index contributed by atoms with van der Waals surface area (Å²) >= 11 is 3.37. The number of aromatic amines is 1. The maximum absolute atomic E-state index is 12.4. The third-order valence-electron chi connectivity index (χ3n) is 4.04. The van der Waals surface area contributed by atoms with Gasteiger partial charge in [-0.15, -0.1) is 0 Å². The molecular weight excluding hydrogens is 396 g/mol. The molecular formula is C19H13BrN4O2. The smallest absolute Gasteiger partial charge is 0.260 e. The van der Waals surface area contributed by atoms with Crippen LogP contribution in [0.5, 0.6) is 5.88 Å². The van der Waals surface area contributed by atoms with E-state index in [2.05, 4.69) is 26.0 Å². The average molecular weight is 409 g/mol. The number of nitrogens with one attached hydrogen (secondary N) is 2. The van der Waals surface area contributed by atoms with Crippen molar-refractivity contribution in [3.05, 3.63) is 91.1 Å². The van der Waals surface area contributed by atoms with E-state index in [4.69, 9.17) is 5.41 Å². The molecule has 1 aliphatic heterocycles. The largest absolute Gasteiger partial charge is 0.494 e. The molecule has 6 nitrogen and oxygen atoms in total. The highest BCUT2D eigenvalue weighted by molar-refractivity contribution is 9.10. The van der Waals surface area contributed by atoms with E-state index in [1.54, 1.807) is 18.2 Å². The molecule has 0 bridgehead atoms. The first-order valence-electron chi connectivity index (χ1n) is 7.80. The molecule has 1 aliphatic rings. The third kappa shape index (κ3) is 2.72. The van der Waals surface area contributed by atoms with E-state index in [1.807, 2.05) is 42.5 Å². The van der Waals surface area contributed by atoms with Gasteiger partial charge in [-0.3, -0.25) is 15.2 Å². The summed E-state index contributed by atoms with van der Waals surface area (Å²) in [6.45, 7) is 0. The number of benzene rings is 2. The van der Waals surface area contributed by atoms with E-state index in [1.165, 1.54) is 5.01 Å². The molecule has 0 saturated carbocycles. The van der Waals surface area contributed by atoms with Crippen molar-refractivity contribution < 1.29 is 5.11 Å². The van der Waals surface area contributed by atoms with E-state index < -0.39 is 5.56 Å². The number of pyridine rings is 1. The fourth-order valence-corrected chi connectivity index (χ4v) is 3.06. The first kappa shape index (κ1) is 16.3. The quantitative estimate of drug-likeness (QED) is 0.605. The Hall–Kier alpha value is -3.19. The zero-order chi connectivity index (χ0) is 18.3. The predicted molar refractivity (Wildman–Crippen MR) is 103 cm³/mol. The number of H-pyrrole nitrogens is 1. The molecule has 26 heavy (non-hydrogen) atoms. The summed E-state index contributed by atoms with van der Waals surface area (Å²) < 4.78 is 0.903. The Morgan fingerprint density at radius 2 is 1.81 bits per heavy atom. The van der Waals surface area contributed by atoms with Crippen LogP contribution in [0.15, 0.2) is 69.0 Å². The lowest BCUT2D eigenvalue weighted by Gasteiger charge is -2.14. The molecule has 0 aliphatic carbocycles. The molecule has 0 saturated heterocycles. The van der Waals surface area contributed by atoms with Crippen molar-refractivity contribution in [1.29, 1.82) is 5.41 Å². The number of amidine groups is 1. The van der Waals surface area contributed by atoms with Gasteiger partial charge in [0.2, 0.25) is 5.88 Å². The summed E-state index contributed by atoms with van der Waals surface area (Å²) in [6.07, 6.45) is 1.69. The van der Waals surface area contributed by atoms with Crippen LogP contribution in [0.4, 0.5) is 5.69 Å². The molecule has 128 valence electrons. The van der Waals surface area contributed by atoms with Crippen molar-refractivity contribution in [1.82, 2.24) is 4.98 Å². The summed E-state index contributed by atoms with van der Waals surface area (Å²) in [5, 5.41) is 25.0. The lowest BCUT2D eigenvalue weighted by molar-refractivity contribution is 0.449. The molecule has 2 aromatic carbocycles. The second kappa shape index (κ2) is 6.27. The molecule has 0 amide bonds. The summed E-state index contributed by atoms with van der Waals surface area (Å²) in [5.41, 5.74) is 1.23. The molecule has 0 fully saturated rings. The Kier molecular flexibility index (Phi) is 3.93. The van der Waals surface area contributed by atoms with Crippen molar-refractivity contribution in [2.45, 2.75) is 0 Å². The van der Waals surface area contributed by atoms with Gasteiger partial charge in [0.1, 0.15) is 10.9 Å². The molecule has 2 heterocycles. The standard InChI is InChI=1S/C19H13BrN4O2/c20-12-6-8-13(9-7-12)24-17(21)15-16(23-24)14(18(25)22-19(15)26)10-11-4-2-1-3-5-11/h1-10,21,26H,(H,22,25)/b14-10+,21-17?. The molecule has 0 spiro atoms. The lowest BCUT2D eigenvalue weighted by atomic mass is 10.1. The number of nitrogens with zero attached hydrogens (tertiary/aromatic N) is 2. The zero-order valence-corrected chi connectivity index (χ0v) is 15.0. The summed E-state index contributed by atoms with van der Waals surface area (Å²) in [4.78, 5) is 14.8. The van der Waals surface area contributed by atoms with Crippen LogP contribution >= 0.6 is 15.9 Å². The zero-order valence-electron chi connectivity index (χ0n) is 13.4. The number of halogens is 1. The molecule has 7 heteroatoms. The van der Waals surface area contributed by atoms with Crippen LogP contribution in [0.25, 0.3) is 6.08 Å². The van der Waals surface area contributed by atoms with E-state index in [0.717, 1.165) is 10.0 Å². The number of anilines is 1. The Labute approximate surface area is 156 Å². The van der Waals surface area contributed by atoms with Gasteiger partial charge in [-0.1, -0.05) is 46.3 Å². The number of hydrogen-bond acceptors (Lipinski definition) is 4. The second-order valence-corrected chi connectivity index (χ2v) is 6.65. The van der Waals surface area contributed by atoms with Gasteiger partial charge < -0.3 is 5.11 Å². The SMILES string of the molecule is N=C1c2c(O)[nH]c(=O)/c(=C/c3ccccc3)c2=NN1c1ccc(Br)cc1. The summed E-state index contributed by atoms with van der Waals surface area (Å²) in [5.74, 6) is -0.359. The molecule has 3 aromatic rings. The lowest BCUT2D eigenvalue weighted by Crippen LogP contribution is -2.42. The fraction of sp³-hybridized carbons (Fsp3) is 0. The van der Waals surface area contributed by atoms with Crippen molar-refractivity contribution in [2.75, 3.05) is 5.01 Å². The van der Waals surface area contributed by atoms with Gasteiger partial charge in [-0.05, 0) is 35.9 Å². The van der Waals surface area contributed by atoms with Crippen LogP contribution in [-0.2, 0) is 0 Å². The van der Waals surface area contributed by atoms with Crippen molar-refractivity contribution >= 4 is 33.5 Å². The van der Waals surface area contributed by atoms with E-state index in [0.29, 0.717) is 10.9 Å². The number of fused-ring (bicyclic) bond motifs is 1. The number of rotatable bonds is 2. The van der Waals surface area contributed by atoms with Gasteiger partial charge in [-0.25, -0.2) is 5.01 Å². The number of aromatic nitrogens is 1. The van der Waals surface area contributed by atoms with Crippen LogP contribution in [0.2, 0.25) is 0 Å². The predicted octanol–water partition coefficient (Wildman–Crippen LogP) is 2.05. The second-order valence-electron chi connectivity index (χ2n) is 5.73. The van der Waals surface area contributed by atoms with Gasteiger partial charge in [0.15, 0.2) is 5.84 Å². The van der Waals surface area contributed by atoms with Crippen LogP contribution in [0.3, 0.4) is 0 Å². The van der Waals surface area contributed by atoms with Crippen molar-refractivity contribution in [2.24, 2.45) is 5.10 Å². The third-order valence-corrected chi connectivity index (χ3v) is 4.56. The minimum Gasteiger partial charge on any atom is -0.494 e. The summed E-state index contributed by atoms with van der Waals surface area (Å²) in [7, 11) is 0. The van der Waals surface area contributed by atoms with Crippen molar-refractivity contribution in [3.8, 4) is 5.88 Å². The molecule has 3 N–H and O–H groups in total. The van der Waals surface area contributed by atoms with Gasteiger partial charge in [0, 0.05) is 4.47 Å². The molecule has 4 rings (SSSR count). The maximum atomic E-state index is 12.4. The number of aromatic hydroxyl groups is 1. The van der Waals surface area contributed by atoms with Crippen LogP contribution in [0.1, 0.15) is 11.1 Å². The van der Waals surface area contributed by atoms with Crippen LogP contribution in [0, 0.1) is 5.41 Å². The van der Waals surface area contributed by atoms with Crippen LogP contribution in [-0.4, -0.2) is 15.9 Å². The fourth-order valence-electron chi connectivity index (χ4n) is 2.79. The Bertz CT molecular complexity index is 1190. The highest BCUT2D eigenvalue weighted by atomic mass is 79.9. The molecule has 1 aromatic heterocycles. The molecule has 0 atom stereocenters. The van der Waals surface area contributed by atoms with E-state index >= 15 is 0 Å². The maximum Gasteiger partial charge on any atom is 0.260 e. The molecule has 0 radical (unpaired) electrons. The van der Waals surface area contributed by atoms with E-state index in [9.17, 15) is 9.90 Å². The minimum absolute atomic E-state index is 0.00113. The Morgan fingerprint density at radius 1 is 1.12 bits per heavy atom. The topological polar surface area (TPSA) is 92.5 Å². The Balaban J connectivity index is 1.97. The molecule has 0 unspecified atom stereocenters. The van der Waals surface area contributed by atoms with Gasteiger partial charge in [-0.2, -0.15) is 5.10 Å². The Morgan fingerprint density at radius 3 is 2.50 bits per heavy atom. The van der Waals surface area contributed by atoms with Gasteiger partial charge >= 0.3 is 0 Å². The first-order valence-corrected chi connectivity index (χ1v) is 8.59. The monoisotopic (exact) mass is 408 g/mol. The normalized spacial score (nSPS) is 13.7. The van der Waals surface area contributed by atoms with Gasteiger partial charge in [0.25, 0.3) is 5.56 Å². The summed E-state index contributed by atoms with van der Waals surface area (Å²) in [6, 6.07) is 16.6. The highest BCUT2D eigenvalue weighted by Crippen LogP contribution is 2.23. The highest BCUT2D eigenvalue weighted by Gasteiger charge is 2.26. The average Bonchev–Trinajstić information content (AvgIpc) is 2.98. The van der Waals surface area contributed by atoms with Crippen LogP contribution < -0.4 is 21.1 Å². The number of hydrogen-bond donors (Lipinski definition) is 3. The first-order chi connectivity index (χ1) is 12.5. The van der Waals surface area contributed by atoms with E-state index in [-0.39, 0.29) is 22.6 Å². The van der Waals surface area contributed by atoms with Crippen molar-refractivity contribution in [3.63, 3.8) is 0 Å².